The maximum absolute atomic E-state index is 13.3. The second-order valence-electron chi connectivity index (χ2n) is 8.75. The number of alkyl halides is 3. The highest BCUT2D eigenvalue weighted by molar-refractivity contribution is 7.91. The average Bonchev–Trinajstić information content (AvgIpc) is 2.86. The van der Waals surface area contributed by atoms with Gasteiger partial charge in [-0.15, -0.1) is 13.2 Å². The number of Topliss-reactive ketones (excluding diaryl/α,β-unsaturated/α-hetero) is 1. The van der Waals surface area contributed by atoms with Crippen LogP contribution in [-0.2, 0) is 19.6 Å². The Morgan fingerprint density at radius 3 is 2.22 bits per heavy atom. The van der Waals surface area contributed by atoms with E-state index in [9.17, 15) is 31.2 Å². The summed E-state index contributed by atoms with van der Waals surface area (Å²) >= 11 is 0. The van der Waals surface area contributed by atoms with Crippen LogP contribution < -0.4 is 10.2 Å². The van der Waals surface area contributed by atoms with Gasteiger partial charge in [0.1, 0.15) is 5.75 Å². The number of nitrogens with one attached hydrogen (secondary N) is 1. The Morgan fingerprint density at radius 2 is 1.67 bits per heavy atom. The highest BCUT2D eigenvalue weighted by Gasteiger charge is 2.54. The molecule has 0 unspecified atom stereocenters. The largest absolute Gasteiger partial charge is 0.573 e. The fourth-order valence-corrected chi connectivity index (χ4v) is 6.55. The molecule has 14 heteroatoms. The molecule has 0 spiro atoms. The standard InChI is InChI=1S/C22H30F3N3O7S/c23-22(24,25)35-18-6-4-17(5-7-18)19(29)3-1-2-10-27-11-13-28(14-12-27)36(32,33)21(20(30)26-31)8-15-34-16-9-21/h4-7,31H,1-3,8-16H2,(H,26,30). The summed E-state index contributed by atoms with van der Waals surface area (Å²) in [7, 11) is -4.02. The zero-order valence-electron chi connectivity index (χ0n) is 19.6. The van der Waals surface area contributed by atoms with E-state index in [1.165, 1.54) is 21.9 Å². The van der Waals surface area contributed by atoms with E-state index in [-0.39, 0.29) is 57.1 Å². The van der Waals surface area contributed by atoms with Gasteiger partial charge in [0.05, 0.1) is 0 Å². The normalized spacial score (nSPS) is 19.6. The van der Waals surface area contributed by atoms with Crippen LogP contribution in [0.2, 0.25) is 0 Å². The number of hydroxylamine groups is 1. The monoisotopic (exact) mass is 537 g/mol. The number of amides is 1. The third-order valence-corrected chi connectivity index (χ3v) is 9.15. The number of ether oxygens (including phenoxy) is 2. The lowest BCUT2D eigenvalue weighted by Gasteiger charge is -2.41. The number of benzene rings is 1. The molecule has 0 aromatic heterocycles. The van der Waals surface area contributed by atoms with Gasteiger partial charge in [0.15, 0.2) is 10.5 Å². The van der Waals surface area contributed by atoms with Crippen molar-refractivity contribution in [2.24, 2.45) is 0 Å². The minimum absolute atomic E-state index is 0.0337. The van der Waals surface area contributed by atoms with Gasteiger partial charge in [-0.1, -0.05) is 0 Å². The molecule has 2 N–H and O–H groups in total. The Kier molecular flexibility index (Phi) is 9.33. The quantitative estimate of drug-likeness (QED) is 0.201. The summed E-state index contributed by atoms with van der Waals surface area (Å²) in [6.45, 7) is 2.19. The predicted molar refractivity (Wildman–Crippen MR) is 121 cm³/mol. The predicted octanol–water partition coefficient (Wildman–Crippen LogP) is 1.94. The molecule has 2 aliphatic rings. The number of nitrogens with zero attached hydrogens (tertiary/aromatic N) is 2. The van der Waals surface area contributed by atoms with Crippen LogP contribution in [0.3, 0.4) is 0 Å². The number of unbranched alkanes of at least 4 members (excludes halogenated alkanes) is 1. The van der Waals surface area contributed by atoms with Crippen LogP contribution in [0, 0.1) is 0 Å². The smallest absolute Gasteiger partial charge is 0.406 e. The molecule has 0 atom stereocenters. The Labute approximate surface area is 207 Å². The van der Waals surface area contributed by atoms with Crippen LogP contribution in [-0.4, -0.2) is 91.6 Å². The van der Waals surface area contributed by atoms with Crippen molar-refractivity contribution in [2.45, 2.75) is 43.2 Å². The number of halogens is 3. The van der Waals surface area contributed by atoms with E-state index in [1.54, 1.807) is 0 Å². The zero-order chi connectivity index (χ0) is 26.4. The molecule has 1 aromatic rings. The van der Waals surface area contributed by atoms with Gasteiger partial charge in [0.25, 0.3) is 5.91 Å². The summed E-state index contributed by atoms with van der Waals surface area (Å²) in [5, 5.41) is 9.14. The molecule has 36 heavy (non-hydrogen) atoms. The van der Waals surface area contributed by atoms with Crippen LogP contribution in [0.1, 0.15) is 42.5 Å². The SMILES string of the molecule is O=C(CCCCN1CCN(S(=O)(=O)C2(C(=O)NO)CCOCC2)CC1)c1ccc(OC(F)(F)F)cc1. The van der Waals surface area contributed by atoms with E-state index in [0.717, 1.165) is 12.1 Å². The summed E-state index contributed by atoms with van der Waals surface area (Å²) in [5.74, 6) is -1.52. The highest BCUT2D eigenvalue weighted by Crippen LogP contribution is 2.33. The molecular formula is C22H30F3N3O7S. The molecule has 2 heterocycles. The molecule has 0 bridgehead atoms. The van der Waals surface area contributed by atoms with E-state index in [4.69, 9.17) is 9.94 Å². The van der Waals surface area contributed by atoms with Crippen molar-refractivity contribution in [3.63, 3.8) is 0 Å². The van der Waals surface area contributed by atoms with Crippen molar-refractivity contribution in [1.82, 2.24) is 14.7 Å². The molecule has 2 fully saturated rings. The average molecular weight is 538 g/mol. The summed E-state index contributed by atoms with van der Waals surface area (Å²) in [5.41, 5.74) is 1.81. The Bertz CT molecular complexity index is 1000. The molecule has 0 radical (unpaired) electrons. The van der Waals surface area contributed by atoms with E-state index in [1.807, 2.05) is 0 Å². The van der Waals surface area contributed by atoms with Gasteiger partial charge in [-0.2, -0.15) is 4.31 Å². The van der Waals surface area contributed by atoms with E-state index in [2.05, 4.69) is 9.64 Å². The number of ketones is 1. The van der Waals surface area contributed by atoms with Crippen LogP contribution in [0.4, 0.5) is 13.2 Å². The van der Waals surface area contributed by atoms with Crippen LogP contribution in [0.5, 0.6) is 5.75 Å². The molecule has 0 aliphatic carbocycles. The second kappa shape index (κ2) is 11.9. The first kappa shape index (κ1) is 28.3. The summed E-state index contributed by atoms with van der Waals surface area (Å²) in [6.07, 6.45) is -3.38. The minimum atomic E-state index is -4.79. The first-order valence-corrected chi connectivity index (χ1v) is 13.1. The lowest BCUT2D eigenvalue weighted by Crippen LogP contribution is -2.62. The maximum Gasteiger partial charge on any atom is 0.573 e. The van der Waals surface area contributed by atoms with E-state index in [0.29, 0.717) is 38.0 Å². The molecule has 3 rings (SSSR count). The van der Waals surface area contributed by atoms with Crippen molar-refractivity contribution in [2.75, 3.05) is 45.9 Å². The van der Waals surface area contributed by atoms with Gasteiger partial charge in [0, 0.05) is 64.2 Å². The lowest BCUT2D eigenvalue weighted by molar-refractivity contribution is -0.274. The molecular weight excluding hydrogens is 507 g/mol. The number of sulfonamides is 1. The van der Waals surface area contributed by atoms with Gasteiger partial charge in [-0.25, -0.2) is 13.9 Å². The molecule has 2 aliphatic heterocycles. The summed E-state index contributed by atoms with van der Waals surface area (Å²) < 4.78 is 71.9. The molecule has 10 nitrogen and oxygen atoms in total. The Hall–Kier alpha value is -2.26. The van der Waals surface area contributed by atoms with Crippen molar-refractivity contribution in [3.05, 3.63) is 29.8 Å². The molecule has 0 saturated carbocycles. The number of hydrogen-bond donors (Lipinski definition) is 2. The number of carbonyl (C=O) groups is 2. The van der Waals surface area contributed by atoms with Gasteiger partial charge >= 0.3 is 6.36 Å². The van der Waals surface area contributed by atoms with Crippen LogP contribution >= 0.6 is 0 Å². The molecule has 202 valence electrons. The number of carbonyl (C=O) groups excluding carboxylic acids is 2. The minimum Gasteiger partial charge on any atom is -0.406 e. The first-order chi connectivity index (χ1) is 17.0. The highest BCUT2D eigenvalue weighted by atomic mass is 32.2. The van der Waals surface area contributed by atoms with Crippen molar-refractivity contribution >= 4 is 21.7 Å². The Balaban J connectivity index is 1.43. The van der Waals surface area contributed by atoms with Crippen LogP contribution in [0.15, 0.2) is 24.3 Å². The third-order valence-electron chi connectivity index (χ3n) is 6.52. The zero-order valence-corrected chi connectivity index (χ0v) is 20.4. The molecule has 1 aromatic carbocycles. The Morgan fingerprint density at radius 1 is 1.06 bits per heavy atom. The third kappa shape index (κ3) is 6.73. The molecule has 2 saturated heterocycles. The number of piperazine rings is 1. The van der Waals surface area contributed by atoms with Gasteiger partial charge in [-0.3, -0.25) is 14.8 Å². The topological polar surface area (TPSA) is 125 Å². The maximum atomic E-state index is 13.3. The number of hydrogen-bond acceptors (Lipinski definition) is 8. The first-order valence-electron chi connectivity index (χ1n) is 11.6. The summed E-state index contributed by atoms with van der Waals surface area (Å²) in [4.78, 5) is 26.7. The van der Waals surface area contributed by atoms with Crippen molar-refractivity contribution in [3.8, 4) is 5.75 Å². The van der Waals surface area contributed by atoms with E-state index < -0.39 is 27.0 Å². The fourth-order valence-electron chi connectivity index (χ4n) is 4.45. The lowest BCUT2D eigenvalue weighted by atomic mass is 9.98. The number of rotatable bonds is 10. The second-order valence-corrected chi connectivity index (χ2v) is 11.0. The van der Waals surface area contributed by atoms with E-state index >= 15 is 0 Å². The summed E-state index contributed by atoms with van der Waals surface area (Å²) in [6, 6.07) is 4.79. The fraction of sp³-hybridized carbons (Fsp3) is 0.636. The van der Waals surface area contributed by atoms with Gasteiger partial charge < -0.3 is 14.4 Å². The van der Waals surface area contributed by atoms with Crippen molar-refractivity contribution in [1.29, 1.82) is 0 Å². The van der Waals surface area contributed by atoms with Crippen LogP contribution in [0.25, 0.3) is 0 Å². The van der Waals surface area contributed by atoms with Gasteiger partial charge in [-0.05, 0) is 43.7 Å². The van der Waals surface area contributed by atoms with Gasteiger partial charge in [0.2, 0.25) is 10.0 Å². The molecule has 1 amide bonds. The van der Waals surface area contributed by atoms with Crippen molar-refractivity contribution < 1.29 is 45.9 Å².